The van der Waals surface area contributed by atoms with Crippen LogP contribution in [-0.4, -0.2) is 13.1 Å². The minimum absolute atomic E-state index is 0.461. The zero-order valence-electron chi connectivity index (χ0n) is 9.48. The van der Waals surface area contributed by atoms with Crippen molar-refractivity contribution in [2.24, 2.45) is 11.3 Å². The van der Waals surface area contributed by atoms with Gasteiger partial charge >= 0.3 is 0 Å². The Bertz CT molecular complexity index is 189. The molecule has 1 fully saturated rings. The summed E-state index contributed by atoms with van der Waals surface area (Å²) in [6, 6.07) is 0.521. The third-order valence-electron chi connectivity index (χ3n) is 3.25. The van der Waals surface area contributed by atoms with Gasteiger partial charge < -0.3 is 5.32 Å². The van der Waals surface area contributed by atoms with E-state index in [4.69, 9.17) is 0 Å². The van der Waals surface area contributed by atoms with E-state index in [1.54, 1.807) is 0 Å². The van der Waals surface area contributed by atoms with Gasteiger partial charge in [0.2, 0.25) is 0 Å². The molecule has 0 aromatic heterocycles. The Morgan fingerprint density at radius 1 is 1.46 bits per heavy atom. The SMILES string of the molecule is C=C(C(CC(C)C)NC)C1(C)CC1. The van der Waals surface area contributed by atoms with E-state index in [-0.39, 0.29) is 0 Å². The molecule has 1 unspecified atom stereocenters. The van der Waals surface area contributed by atoms with Crippen molar-refractivity contribution >= 4 is 0 Å². The standard InChI is InChI=1S/C12H23N/c1-9(2)8-11(13-5)10(3)12(4)6-7-12/h9,11,13H,3,6-8H2,1-2,4-5H3. The van der Waals surface area contributed by atoms with Crippen LogP contribution < -0.4 is 5.32 Å². The minimum Gasteiger partial charge on any atom is -0.313 e. The van der Waals surface area contributed by atoms with Gasteiger partial charge in [-0.05, 0) is 37.6 Å². The van der Waals surface area contributed by atoms with Gasteiger partial charge in [-0.1, -0.05) is 32.9 Å². The average Bonchev–Trinajstić information content (AvgIpc) is 2.79. The van der Waals surface area contributed by atoms with Gasteiger partial charge in [0.15, 0.2) is 0 Å². The molecule has 1 rings (SSSR count). The number of nitrogens with one attached hydrogen (secondary N) is 1. The van der Waals surface area contributed by atoms with Gasteiger partial charge in [0, 0.05) is 6.04 Å². The summed E-state index contributed by atoms with van der Waals surface area (Å²) in [6.07, 6.45) is 3.88. The Hall–Kier alpha value is -0.300. The van der Waals surface area contributed by atoms with E-state index in [1.165, 1.54) is 24.8 Å². The van der Waals surface area contributed by atoms with Crippen molar-refractivity contribution in [1.29, 1.82) is 0 Å². The predicted octanol–water partition coefficient (Wildman–Crippen LogP) is 2.98. The minimum atomic E-state index is 0.461. The van der Waals surface area contributed by atoms with Crippen molar-refractivity contribution in [2.45, 2.75) is 46.1 Å². The fraction of sp³-hybridized carbons (Fsp3) is 0.833. The second-order valence-electron chi connectivity index (χ2n) is 5.06. The van der Waals surface area contributed by atoms with E-state index in [9.17, 15) is 0 Å². The van der Waals surface area contributed by atoms with Crippen LogP contribution in [0.4, 0.5) is 0 Å². The van der Waals surface area contributed by atoms with Crippen molar-refractivity contribution in [3.63, 3.8) is 0 Å². The van der Waals surface area contributed by atoms with Gasteiger partial charge in [-0.25, -0.2) is 0 Å². The molecule has 0 saturated heterocycles. The summed E-state index contributed by atoms with van der Waals surface area (Å²) in [7, 11) is 2.05. The van der Waals surface area contributed by atoms with Crippen LogP contribution in [0.25, 0.3) is 0 Å². The molecule has 1 aliphatic carbocycles. The monoisotopic (exact) mass is 181 g/mol. The van der Waals surface area contributed by atoms with Gasteiger partial charge in [0.1, 0.15) is 0 Å². The molecule has 0 amide bonds. The molecule has 1 aliphatic rings. The lowest BCUT2D eigenvalue weighted by Crippen LogP contribution is -2.31. The molecule has 0 aliphatic heterocycles. The largest absolute Gasteiger partial charge is 0.313 e. The zero-order valence-corrected chi connectivity index (χ0v) is 9.48. The van der Waals surface area contributed by atoms with Crippen molar-refractivity contribution in [2.75, 3.05) is 7.05 Å². The molecule has 0 aromatic rings. The quantitative estimate of drug-likeness (QED) is 0.643. The van der Waals surface area contributed by atoms with Crippen molar-refractivity contribution in [1.82, 2.24) is 5.32 Å². The third kappa shape index (κ3) is 2.57. The highest BCUT2D eigenvalue weighted by atomic mass is 14.9. The van der Waals surface area contributed by atoms with Crippen LogP contribution in [0.15, 0.2) is 12.2 Å². The number of rotatable bonds is 5. The summed E-state index contributed by atoms with van der Waals surface area (Å²) < 4.78 is 0. The van der Waals surface area contributed by atoms with Crippen LogP contribution >= 0.6 is 0 Å². The molecule has 1 atom stereocenters. The number of hydrogen-bond acceptors (Lipinski definition) is 1. The predicted molar refractivity (Wildman–Crippen MR) is 58.8 cm³/mol. The van der Waals surface area contributed by atoms with Crippen molar-refractivity contribution in [3.8, 4) is 0 Å². The maximum absolute atomic E-state index is 4.25. The Balaban J connectivity index is 2.51. The lowest BCUT2D eigenvalue weighted by atomic mass is 9.88. The average molecular weight is 181 g/mol. The lowest BCUT2D eigenvalue weighted by Gasteiger charge is -2.25. The molecule has 0 radical (unpaired) electrons. The summed E-state index contributed by atoms with van der Waals surface area (Å²) in [5.74, 6) is 0.747. The van der Waals surface area contributed by atoms with Crippen LogP contribution in [0.1, 0.15) is 40.0 Å². The second-order valence-corrected chi connectivity index (χ2v) is 5.06. The first-order valence-electron chi connectivity index (χ1n) is 5.36. The molecule has 1 nitrogen and oxygen atoms in total. The fourth-order valence-corrected chi connectivity index (χ4v) is 1.83. The summed E-state index contributed by atoms with van der Waals surface area (Å²) in [5.41, 5.74) is 1.88. The van der Waals surface area contributed by atoms with Crippen molar-refractivity contribution in [3.05, 3.63) is 12.2 Å². The van der Waals surface area contributed by atoms with Crippen LogP contribution in [0.5, 0.6) is 0 Å². The number of likely N-dealkylation sites (N-methyl/N-ethyl adjacent to an activating group) is 1. The third-order valence-corrected chi connectivity index (χ3v) is 3.25. The van der Waals surface area contributed by atoms with Crippen molar-refractivity contribution < 1.29 is 0 Å². The smallest absolute Gasteiger partial charge is 0.0281 e. The Morgan fingerprint density at radius 3 is 2.31 bits per heavy atom. The van der Waals surface area contributed by atoms with E-state index < -0.39 is 0 Å². The van der Waals surface area contributed by atoms with E-state index in [0.717, 1.165) is 5.92 Å². The first-order valence-corrected chi connectivity index (χ1v) is 5.36. The van der Waals surface area contributed by atoms with Gasteiger partial charge in [-0.3, -0.25) is 0 Å². The molecule has 1 heteroatoms. The molecule has 1 N–H and O–H groups in total. The van der Waals surface area contributed by atoms with E-state index in [1.807, 2.05) is 7.05 Å². The van der Waals surface area contributed by atoms with Crippen LogP contribution in [0.3, 0.4) is 0 Å². The lowest BCUT2D eigenvalue weighted by molar-refractivity contribution is 0.447. The molecular formula is C12H23N. The summed E-state index contributed by atoms with van der Waals surface area (Å²) in [4.78, 5) is 0. The van der Waals surface area contributed by atoms with Crippen LogP contribution in [-0.2, 0) is 0 Å². The zero-order chi connectivity index (χ0) is 10.1. The highest BCUT2D eigenvalue weighted by molar-refractivity contribution is 5.22. The Kier molecular flexibility index (Phi) is 3.18. The van der Waals surface area contributed by atoms with E-state index in [0.29, 0.717) is 11.5 Å². The number of hydrogen-bond donors (Lipinski definition) is 1. The van der Waals surface area contributed by atoms with Crippen LogP contribution in [0.2, 0.25) is 0 Å². The second kappa shape index (κ2) is 3.83. The van der Waals surface area contributed by atoms with Crippen LogP contribution in [0, 0.1) is 11.3 Å². The van der Waals surface area contributed by atoms with Gasteiger partial charge in [0.25, 0.3) is 0 Å². The van der Waals surface area contributed by atoms with E-state index >= 15 is 0 Å². The van der Waals surface area contributed by atoms with Gasteiger partial charge in [-0.15, -0.1) is 0 Å². The molecular weight excluding hydrogens is 158 g/mol. The normalized spacial score (nSPS) is 21.6. The molecule has 0 spiro atoms. The maximum atomic E-state index is 4.25. The molecule has 0 bridgehead atoms. The highest BCUT2D eigenvalue weighted by Gasteiger charge is 2.42. The summed E-state index contributed by atoms with van der Waals surface area (Å²) in [6.45, 7) is 11.1. The van der Waals surface area contributed by atoms with E-state index in [2.05, 4.69) is 32.7 Å². The fourth-order valence-electron chi connectivity index (χ4n) is 1.83. The summed E-state index contributed by atoms with van der Waals surface area (Å²) in [5, 5.41) is 3.38. The highest BCUT2D eigenvalue weighted by Crippen LogP contribution is 2.52. The summed E-state index contributed by atoms with van der Waals surface area (Å²) >= 11 is 0. The Labute approximate surface area is 82.6 Å². The topological polar surface area (TPSA) is 12.0 Å². The molecule has 13 heavy (non-hydrogen) atoms. The maximum Gasteiger partial charge on any atom is 0.0281 e. The molecule has 0 heterocycles. The molecule has 1 saturated carbocycles. The molecule has 0 aromatic carbocycles. The first-order chi connectivity index (χ1) is 5.99. The Morgan fingerprint density at radius 2 is 2.00 bits per heavy atom. The van der Waals surface area contributed by atoms with Gasteiger partial charge in [0.05, 0.1) is 0 Å². The first kappa shape index (κ1) is 10.8. The molecule has 76 valence electrons. The van der Waals surface area contributed by atoms with Gasteiger partial charge in [-0.2, -0.15) is 0 Å².